The van der Waals surface area contributed by atoms with Crippen molar-refractivity contribution in [3.8, 4) is 5.75 Å². The molecule has 146 valence electrons. The van der Waals surface area contributed by atoms with Crippen molar-refractivity contribution >= 4 is 16.8 Å². The fourth-order valence-electron chi connectivity index (χ4n) is 3.77. The molecular formula is C21H21F2N3O2. The molecule has 0 radical (unpaired) electrons. The molecule has 1 aromatic heterocycles. The second kappa shape index (κ2) is 7.59. The highest BCUT2D eigenvalue weighted by Crippen LogP contribution is 2.27. The number of ether oxygens (including phenoxy) is 1. The molecule has 1 aliphatic heterocycles. The number of benzene rings is 2. The van der Waals surface area contributed by atoms with E-state index in [4.69, 9.17) is 4.74 Å². The van der Waals surface area contributed by atoms with Crippen molar-refractivity contribution in [2.24, 2.45) is 0 Å². The topological polar surface area (TPSA) is 66.2 Å². The minimum absolute atomic E-state index is 0.119. The molecule has 3 aromatic rings. The van der Waals surface area contributed by atoms with E-state index >= 15 is 0 Å². The van der Waals surface area contributed by atoms with Crippen LogP contribution in [0.2, 0.25) is 0 Å². The van der Waals surface area contributed by atoms with Crippen LogP contribution in [0.1, 0.15) is 30.0 Å². The SMILES string of the molecule is COc1ccc2c(CN[C@@H]3CCC(=O)N[C@H]3c3cc(F)cc(F)c3)c[nH]c2c1. The molecule has 0 unspecified atom stereocenters. The molecule has 0 spiro atoms. The molecule has 3 N–H and O–H groups in total. The lowest BCUT2D eigenvalue weighted by molar-refractivity contribution is -0.123. The van der Waals surface area contributed by atoms with Crippen LogP contribution in [-0.4, -0.2) is 24.0 Å². The molecule has 0 aliphatic carbocycles. The van der Waals surface area contributed by atoms with Crippen LogP contribution in [0.15, 0.2) is 42.6 Å². The predicted molar refractivity (Wildman–Crippen MR) is 102 cm³/mol. The van der Waals surface area contributed by atoms with Gasteiger partial charge in [-0.05, 0) is 41.8 Å². The van der Waals surface area contributed by atoms with Crippen molar-refractivity contribution in [1.29, 1.82) is 0 Å². The van der Waals surface area contributed by atoms with Crippen molar-refractivity contribution in [3.63, 3.8) is 0 Å². The van der Waals surface area contributed by atoms with E-state index < -0.39 is 17.7 Å². The van der Waals surface area contributed by atoms with Crippen molar-refractivity contribution in [1.82, 2.24) is 15.6 Å². The van der Waals surface area contributed by atoms with Crippen molar-refractivity contribution in [2.45, 2.75) is 31.5 Å². The first-order valence-corrected chi connectivity index (χ1v) is 9.16. The third kappa shape index (κ3) is 3.71. The highest BCUT2D eigenvalue weighted by molar-refractivity contribution is 5.84. The van der Waals surface area contributed by atoms with Gasteiger partial charge >= 0.3 is 0 Å². The summed E-state index contributed by atoms with van der Waals surface area (Å²) in [6.45, 7) is 0.557. The Balaban J connectivity index is 1.54. The minimum Gasteiger partial charge on any atom is -0.497 e. The van der Waals surface area contributed by atoms with Gasteiger partial charge in [-0.25, -0.2) is 8.78 Å². The van der Waals surface area contributed by atoms with Gasteiger partial charge < -0.3 is 20.4 Å². The fraction of sp³-hybridized carbons (Fsp3) is 0.286. The summed E-state index contributed by atoms with van der Waals surface area (Å²) in [4.78, 5) is 15.1. The first kappa shape index (κ1) is 18.4. The number of fused-ring (bicyclic) bond motifs is 1. The molecule has 5 nitrogen and oxygen atoms in total. The van der Waals surface area contributed by atoms with Gasteiger partial charge in [-0.3, -0.25) is 4.79 Å². The second-order valence-corrected chi connectivity index (χ2v) is 7.00. The van der Waals surface area contributed by atoms with Gasteiger partial charge in [0.2, 0.25) is 5.91 Å². The van der Waals surface area contributed by atoms with Crippen molar-refractivity contribution in [3.05, 3.63) is 65.4 Å². The number of hydrogen-bond acceptors (Lipinski definition) is 3. The number of piperidine rings is 1. The zero-order valence-electron chi connectivity index (χ0n) is 15.4. The minimum atomic E-state index is -0.654. The normalized spacial score (nSPS) is 19.6. The summed E-state index contributed by atoms with van der Waals surface area (Å²) in [7, 11) is 1.62. The highest BCUT2D eigenvalue weighted by atomic mass is 19.1. The van der Waals surface area contributed by atoms with Crippen LogP contribution < -0.4 is 15.4 Å². The number of carbonyl (C=O) groups is 1. The number of H-pyrrole nitrogens is 1. The molecule has 7 heteroatoms. The van der Waals surface area contributed by atoms with Crippen LogP contribution >= 0.6 is 0 Å². The Labute approximate surface area is 161 Å². The number of hydrogen-bond donors (Lipinski definition) is 3. The van der Waals surface area contributed by atoms with Crippen LogP contribution in [0.25, 0.3) is 10.9 Å². The van der Waals surface area contributed by atoms with E-state index in [2.05, 4.69) is 15.6 Å². The van der Waals surface area contributed by atoms with Gasteiger partial charge in [0, 0.05) is 48.2 Å². The van der Waals surface area contributed by atoms with Gasteiger partial charge in [0.05, 0.1) is 13.2 Å². The third-order valence-electron chi connectivity index (χ3n) is 5.17. The molecule has 1 amide bonds. The number of methoxy groups -OCH3 is 1. The number of halogens is 2. The number of aromatic amines is 1. The number of aromatic nitrogens is 1. The number of carbonyl (C=O) groups excluding carboxylic acids is 1. The van der Waals surface area contributed by atoms with E-state index in [1.165, 1.54) is 12.1 Å². The second-order valence-electron chi connectivity index (χ2n) is 7.00. The smallest absolute Gasteiger partial charge is 0.220 e. The summed E-state index contributed by atoms with van der Waals surface area (Å²) in [5.41, 5.74) is 2.46. The molecule has 4 rings (SSSR count). The zero-order valence-corrected chi connectivity index (χ0v) is 15.4. The van der Waals surface area contributed by atoms with E-state index in [-0.39, 0.29) is 11.9 Å². The lowest BCUT2D eigenvalue weighted by Gasteiger charge is -2.33. The lowest BCUT2D eigenvalue weighted by Crippen LogP contribution is -2.48. The first-order valence-electron chi connectivity index (χ1n) is 9.16. The molecular weight excluding hydrogens is 364 g/mol. The molecule has 0 saturated carbocycles. The number of nitrogens with one attached hydrogen (secondary N) is 3. The van der Waals surface area contributed by atoms with Crippen LogP contribution in [0, 0.1) is 11.6 Å². The number of rotatable bonds is 5. The van der Waals surface area contributed by atoms with E-state index in [0.717, 1.165) is 28.3 Å². The summed E-state index contributed by atoms with van der Waals surface area (Å²) < 4.78 is 32.6. The lowest BCUT2D eigenvalue weighted by atomic mass is 9.91. The molecule has 2 aromatic carbocycles. The maximum absolute atomic E-state index is 13.7. The Morgan fingerprint density at radius 1 is 1.18 bits per heavy atom. The van der Waals surface area contributed by atoms with Gasteiger partial charge in [0.25, 0.3) is 0 Å². The summed E-state index contributed by atoms with van der Waals surface area (Å²) in [6, 6.07) is 8.56. The van der Waals surface area contributed by atoms with Crippen LogP contribution in [0.5, 0.6) is 5.75 Å². The van der Waals surface area contributed by atoms with Gasteiger partial charge in [-0.1, -0.05) is 0 Å². The molecule has 1 fully saturated rings. The fourth-order valence-corrected chi connectivity index (χ4v) is 3.77. The summed E-state index contributed by atoms with van der Waals surface area (Å²) in [6.07, 6.45) is 2.89. The Bertz CT molecular complexity index is 998. The van der Waals surface area contributed by atoms with Crippen LogP contribution in [-0.2, 0) is 11.3 Å². The molecule has 28 heavy (non-hydrogen) atoms. The van der Waals surface area contributed by atoms with Crippen molar-refractivity contribution in [2.75, 3.05) is 7.11 Å². The first-order chi connectivity index (χ1) is 13.5. The Morgan fingerprint density at radius 3 is 2.71 bits per heavy atom. The van der Waals surface area contributed by atoms with Crippen LogP contribution in [0.4, 0.5) is 8.78 Å². The predicted octanol–water partition coefficient (Wildman–Crippen LogP) is 3.56. The molecule has 2 atom stereocenters. The Morgan fingerprint density at radius 2 is 1.96 bits per heavy atom. The molecule has 1 saturated heterocycles. The monoisotopic (exact) mass is 385 g/mol. The van der Waals surface area contributed by atoms with E-state index in [1.54, 1.807) is 7.11 Å². The Hall–Kier alpha value is -2.93. The Kier molecular flexibility index (Phi) is 5.00. The van der Waals surface area contributed by atoms with Crippen LogP contribution in [0.3, 0.4) is 0 Å². The van der Waals surface area contributed by atoms with Gasteiger partial charge in [0.1, 0.15) is 17.4 Å². The molecule has 1 aliphatic rings. The third-order valence-corrected chi connectivity index (χ3v) is 5.17. The zero-order chi connectivity index (χ0) is 19.7. The van der Waals surface area contributed by atoms with E-state index in [0.29, 0.717) is 24.9 Å². The maximum atomic E-state index is 13.7. The highest BCUT2D eigenvalue weighted by Gasteiger charge is 2.30. The summed E-state index contributed by atoms with van der Waals surface area (Å²) in [5, 5.41) is 7.37. The summed E-state index contributed by atoms with van der Waals surface area (Å²) in [5.74, 6) is -0.651. The standard InChI is InChI=1S/C21H21F2N3O2/c1-28-16-2-3-17-13(11-25-19(17)9-16)10-24-18-4-5-20(27)26-21(18)12-6-14(22)8-15(23)7-12/h2-3,6-9,11,18,21,24-25H,4-5,10H2,1H3,(H,26,27)/t18-,21+/m1/s1. The summed E-state index contributed by atoms with van der Waals surface area (Å²) >= 11 is 0. The number of amides is 1. The quantitative estimate of drug-likeness (QED) is 0.629. The van der Waals surface area contributed by atoms with Gasteiger partial charge in [-0.2, -0.15) is 0 Å². The average Bonchev–Trinajstić information content (AvgIpc) is 3.08. The average molecular weight is 385 g/mol. The van der Waals surface area contributed by atoms with Gasteiger partial charge in [-0.15, -0.1) is 0 Å². The molecule has 0 bridgehead atoms. The molecule has 2 heterocycles. The maximum Gasteiger partial charge on any atom is 0.220 e. The van der Waals surface area contributed by atoms with Gasteiger partial charge in [0.15, 0.2) is 0 Å². The van der Waals surface area contributed by atoms with E-state index in [1.807, 2.05) is 24.4 Å². The van der Waals surface area contributed by atoms with E-state index in [9.17, 15) is 13.6 Å². The largest absolute Gasteiger partial charge is 0.497 e. The van der Waals surface area contributed by atoms with Crippen molar-refractivity contribution < 1.29 is 18.3 Å².